The number of carbonyl (C=O) groups excluding carboxylic acids is 1. The zero-order valence-corrected chi connectivity index (χ0v) is 14.3. The van der Waals surface area contributed by atoms with Gasteiger partial charge in [0.05, 0.1) is 5.02 Å². The van der Waals surface area contributed by atoms with Gasteiger partial charge in [-0.2, -0.15) is 4.98 Å². The van der Waals surface area contributed by atoms with Crippen molar-refractivity contribution in [3.8, 4) is 11.4 Å². The van der Waals surface area contributed by atoms with Crippen LogP contribution in [0.4, 0.5) is 10.1 Å². The number of aryl methyl sites for hydroxylation is 1. The molecule has 3 rings (SSSR count). The lowest BCUT2D eigenvalue weighted by molar-refractivity contribution is -0.116. The predicted octanol–water partition coefficient (Wildman–Crippen LogP) is 4.75. The van der Waals surface area contributed by atoms with Crippen LogP contribution >= 0.6 is 23.2 Å². The number of rotatable bonds is 5. The summed E-state index contributed by atoms with van der Waals surface area (Å²) in [6, 6.07) is 11.1. The van der Waals surface area contributed by atoms with Gasteiger partial charge in [-0.3, -0.25) is 4.79 Å². The number of amides is 1. The summed E-state index contributed by atoms with van der Waals surface area (Å²) in [5, 5.41) is 7.07. The van der Waals surface area contributed by atoms with Gasteiger partial charge in [-0.25, -0.2) is 4.39 Å². The molecule has 0 radical (unpaired) electrons. The van der Waals surface area contributed by atoms with E-state index < -0.39 is 5.82 Å². The van der Waals surface area contributed by atoms with Gasteiger partial charge in [0, 0.05) is 29.1 Å². The first-order valence-electron chi connectivity index (χ1n) is 7.35. The summed E-state index contributed by atoms with van der Waals surface area (Å²) in [6.45, 7) is 0. The van der Waals surface area contributed by atoms with Gasteiger partial charge in [-0.05, 0) is 42.5 Å². The van der Waals surface area contributed by atoms with Crippen molar-refractivity contribution < 1.29 is 13.7 Å². The first-order chi connectivity index (χ1) is 12.0. The standard InChI is InChI=1S/C17H12Cl2FN3O2/c18-11-3-1-10(2-4-11)17-22-16(25-23-17)8-7-15(24)21-12-5-6-13(19)14(20)9-12/h1-6,9H,7-8H2,(H,21,24). The predicted molar refractivity (Wildman–Crippen MR) is 93.1 cm³/mol. The van der Waals surface area contributed by atoms with Crippen LogP contribution in [0.3, 0.4) is 0 Å². The molecule has 0 fully saturated rings. The van der Waals surface area contributed by atoms with E-state index in [2.05, 4.69) is 15.5 Å². The van der Waals surface area contributed by atoms with Gasteiger partial charge in [0.1, 0.15) is 5.82 Å². The summed E-state index contributed by atoms with van der Waals surface area (Å²) in [7, 11) is 0. The number of nitrogens with zero attached hydrogens (tertiary/aromatic N) is 2. The third-order valence-electron chi connectivity index (χ3n) is 3.34. The Balaban J connectivity index is 1.57. The second-order valence-corrected chi connectivity index (χ2v) is 6.04. The van der Waals surface area contributed by atoms with Crippen LogP contribution in [0.2, 0.25) is 10.0 Å². The van der Waals surface area contributed by atoms with Crippen LogP contribution in [0, 0.1) is 5.82 Å². The van der Waals surface area contributed by atoms with Crippen LogP contribution < -0.4 is 5.32 Å². The third kappa shape index (κ3) is 4.55. The molecule has 1 aromatic heterocycles. The van der Waals surface area contributed by atoms with Gasteiger partial charge >= 0.3 is 0 Å². The summed E-state index contributed by atoms with van der Waals surface area (Å²) in [5.74, 6) is -0.133. The molecule has 0 aliphatic carbocycles. The minimum Gasteiger partial charge on any atom is -0.339 e. The SMILES string of the molecule is O=C(CCc1nc(-c2ccc(Cl)cc2)no1)Nc1ccc(Cl)c(F)c1. The van der Waals surface area contributed by atoms with Crippen molar-refractivity contribution in [2.24, 2.45) is 0 Å². The lowest BCUT2D eigenvalue weighted by Crippen LogP contribution is -2.12. The van der Waals surface area contributed by atoms with Gasteiger partial charge in [0.2, 0.25) is 17.6 Å². The largest absolute Gasteiger partial charge is 0.339 e. The number of anilines is 1. The van der Waals surface area contributed by atoms with Crippen LogP contribution in [0.25, 0.3) is 11.4 Å². The van der Waals surface area contributed by atoms with Gasteiger partial charge in [0.25, 0.3) is 0 Å². The second kappa shape index (κ2) is 7.63. The second-order valence-electron chi connectivity index (χ2n) is 5.20. The zero-order valence-electron chi connectivity index (χ0n) is 12.8. The Morgan fingerprint density at radius 1 is 1.16 bits per heavy atom. The van der Waals surface area contributed by atoms with Crippen LogP contribution in [0.15, 0.2) is 47.0 Å². The lowest BCUT2D eigenvalue weighted by atomic mass is 10.2. The molecule has 0 bridgehead atoms. The van der Waals surface area contributed by atoms with Gasteiger partial charge < -0.3 is 9.84 Å². The molecule has 2 aromatic carbocycles. The molecular formula is C17H12Cl2FN3O2. The minimum atomic E-state index is -0.594. The highest BCUT2D eigenvalue weighted by molar-refractivity contribution is 6.31. The van der Waals surface area contributed by atoms with Crippen LogP contribution in [0.5, 0.6) is 0 Å². The number of benzene rings is 2. The molecule has 1 heterocycles. The van der Waals surface area contributed by atoms with E-state index in [1.54, 1.807) is 24.3 Å². The average molecular weight is 380 g/mol. The Hall–Kier alpha value is -2.44. The summed E-state index contributed by atoms with van der Waals surface area (Å²) in [6.07, 6.45) is 0.384. The molecule has 0 saturated heterocycles. The monoisotopic (exact) mass is 379 g/mol. The zero-order chi connectivity index (χ0) is 17.8. The molecule has 128 valence electrons. The fourth-order valence-electron chi connectivity index (χ4n) is 2.09. The maximum Gasteiger partial charge on any atom is 0.227 e. The van der Waals surface area contributed by atoms with Gasteiger partial charge in [-0.1, -0.05) is 28.4 Å². The van der Waals surface area contributed by atoms with E-state index >= 15 is 0 Å². The Bertz CT molecular complexity index is 897. The average Bonchev–Trinajstić information content (AvgIpc) is 3.06. The van der Waals surface area contributed by atoms with E-state index in [0.29, 0.717) is 22.4 Å². The van der Waals surface area contributed by atoms with Crippen molar-refractivity contribution >= 4 is 34.8 Å². The quantitative estimate of drug-likeness (QED) is 0.694. The Morgan fingerprint density at radius 3 is 2.64 bits per heavy atom. The molecule has 0 unspecified atom stereocenters. The van der Waals surface area contributed by atoms with Gasteiger partial charge in [-0.15, -0.1) is 0 Å². The maximum atomic E-state index is 13.3. The Labute approximate surface area is 152 Å². The van der Waals surface area contributed by atoms with E-state index in [-0.39, 0.29) is 23.8 Å². The van der Waals surface area contributed by atoms with E-state index in [0.717, 1.165) is 11.6 Å². The summed E-state index contributed by atoms with van der Waals surface area (Å²) in [5.41, 5.74) is 1.10. The Kier molecular flexibility index (Phi) is 5.31. The van der Waals surface area contributed by atoms with Crippen molar-refractivity contribution in [2.75, 3.05) is 5.32 Å². The van der Waals surface area contributed by atoms with Crippen LogP contribution in [-0.2, 0) is 11.2 Å². The summed E-state index contributed by atoms with van der Waals surface area (Å²) in [4.78, 5) is 16.2. The van der Waals surface area contributed by atoms with Gasteiger partial charge in [0.15, 0.2) is 0 Å². The smallest absolute Gasteiger partial charge is 0.227 e. The van der Waals surface area contributed by atoms with E-state index in [1.807, 2.05) is 0 Å². The minimum absolute atomic E-state index is 0.00131. The molecule has 25 heavy (non-hydrogen) atoms. The number of hydrogen-bond donors (Lipinski definition) is 1. The molecule has 0 saturated carbocycles. The van der Waals surface area contributed by atoms with Crippen molar-refractivity contribution in [1.82, 2.24) is 10.1 Å². The number of hydrogen-bond acceptors (Lipinski definition) is 4. The number of halogens is 3. The molecule has 0 aliphatic rings. The normalized spacial score (nSPS) is 10.7. The van der Waals surface area contributed by atoms with Crippen molar-refractivity contribution in [2.45, 2.75) is 12.8 Å². The molecule has 0 aliphatic heterocycles. The van der Waals surface area contributed by atoms with Crippen molar-refractivity contribution in [1.29, 1.82) is 0 Å². The highest BCUT2D eigenvalue weighted by atomic mass is 35.5. The topological polar surface area (TPSA) is 68.0 Å². The van der Waals surface area contributed by atoms with Crippen LogP contribution in [-0.4, -0.2) is 16.0 Å². The first kappa shape index (κ1) is 17.4. The third-order valence-corrected chi connectivity index (χ3v) is 3.90. The molecule has 1 amide bonds. The number of aromatic nitrogens is 2. The highest BCUT2D eigenvalue weighted by Gasteiger charge is 2.11. The van der Waals surface area contributed by atoms with E-state index in [9.17, 15) is 9.18 Å². The van der Waals surface area contributed by atoms with Crippen LogP contribution in [0.1, 0.15) is 12.3 Å². The lowest BCUT2D eigenvalue weighted by Gasteiger charge is -2.04. The van der Waals surface area contributed by atoms with Crippen molar-refractivity contribution in [3.05, 3.63) is 64.2 Å². The highest BCUT2D eigenvalue weighted by Crippen LogP contribution is 2.20. The van der Waals surface area contributed by atoms with E-state index in [4.69, 9.17) is 27.7 Å². The Morgan fingerprint density at radius 2 is 1.92 bits per heavy atom. The molecule has 1 N–H and O–H groups in total. The number of carbonyl (C=O) groups is 1. The molecule has 0 atom stereocenters. The fraction of sp³-hybridized carbons (Fsp3) is 0.118. The molecule has 8 heteroatoms. The maximum absolute atomic E-state index is 13.3. The molecule has 3 aromatic rings. The van der Waals surface area contributed by atoms with E-state index in [1.165, 1.54) is 12.1 Å². The fourth-order valence-corrected chi connectivity index (χ4v) is 2.33. The molecule has 0 spiro atoms. The molecule has 5 nitrogen and oxygen atoms in total. The summed E-state index contributed by atoms with van der Waals surface area (Å²) < 4.78 is 18.5. The summed E-state index contributed by atoms with van der Waals surface area (Å²) >= 11 is 11.4. The van der Waals surface area contributed by atoms with Crippen molar-refractivity contribution in [3.63, 3.8) is 0 Å². The number of nitrogens with one attached hydrogen (secondary N) is 1. The first-order valence-corrected chi connectivity index (χ1v) is 8.10. The molecular weight excluding hydrogens is 368 g/mol.